The van der Waals surface area contributed by atoms with Gasteiger partial charge in [0.05, 0.1) is 12.3 Å². The molecule has 1 aromatic rings. The Morgan fingerprint density at radius 2 is 1.96 bits per heavy atom. The zero-order valence-corrected chi connectivity index (χ0v) is 17.3. The van der Waals surface area contributed by atoms with Crippen LogP contribution >= 0.6 is 0 Å². The molecule has 1 aromatic carbocycles. The molecule has 0 saturated carbocycles. The summed E-state index contributed by atoms with van der Waals surface area (Å²) in [5.41, 5.74) is 0. The van der Waals surface area contributed by atoms with Crippen molar-refractivity contribution in [2.45, 2.75) is 45.3 Å². The maximum Gasteiger partial charge on any atom is 0.214 e. The zero-order valence-electron chi connectivity index (χ0n) is 16.5. The first-order valence-electron chi connectivity index (χ1n) is 9.61. The van der Waals surface area contributed by atoms with E-state index in [4.69, 9.17) is 4.74 Å². The molecule has 0 bridgehead atoms. The number of para-hydroxylation sites is 1. The SMILES string of the molecule is CCCS(=O)(=O)N1CCC(NC(=NC)NCC(C)Oc2ccccc2)CC1. The monoisotopic (exact) mass is 396 g/mol. The Morgan fingerprint density at radius 3 is 2.56 bits per heavy atom. The summed E-state index contributed by atoms with van der Waals surface area (Å²) in [6.45, 7) is 5.64. The molecule has 0 aromatic heterocycles. The van der Waals surface area contributed by atoms with Gasteiger partial charge >= 0.3 is 0 Å². The lowest BCUT2D eigenvalue weighted by Gasteiger charge is -2.32. The van der Waals surface area contributed by atoms with Gasteiger partial charge in [-0.05, 0) is 38.3 Å². The Hall–Kier alpha value is -1.80. The molecule has 2 rings (SSSR count). The highest BCUT2D eigenvalue weighted by molar-refractivity contribution is 7.89. The quantitative estimate of drug-likeness (QED) is 0.517. The molecule has 0 aliphatic carbocycles. The van der Waals surface area contributed by atoms with E-state index in [0.29, 0.717) is 32.0 Å². The van der Waals surface area contributed by atoms with Crippen molar-refractivity contribution in [2.75, 3.05) is 32.4 Å². The lowest BCUT2D eigenvalue weighted by atomic mass is 10.1. The van der Waals surface area contributed by atoms with Crippen LogP contribution in [0, 0.1) is 0 Å². The molecule has 0 radical (unpaired) electrons. The fourth-order valence-electron chi connectivity index (χ4n) is 3.07. The molecule has 27 heavy (non-hydrogen) atoms. The van der Waals surface area contributed by atoms with Gasteiger partial charge in [0.1, 0.15) is 11.9 Å². The van der Waals surface area contributed by atoms with Gasteiger partial charge in [-0.15, -0.1) is 0 Å². The number of aliphatic imine (C=N–C) groups is 1. The third-order valence-electron chi connectivity index (χ3n) is 4.51. The normalized spacial score (nSPS) is 18.1. The Labute approximate surface area is 163 Å². The fourth-order valence-corrected chi connectivity index (χ4v) is 4.61. The van der Waals surface area contributed by atoms with Gasteiger partial charge in [-0.25, -0.2) is 12.7 Å². The minimum Gasteiger partial charge on any atom is -0.489 e. The molecular formula is C19H32N4O3S. The van der Waals surface area contributed by atoms with Crippen molar-refractivity contribution >= 4 is 16.0 Å². The first kappa shape index (κ1) is 21.5. The van der Waals surface area contributed by atoms with E-state index in [0.717, 1.165) is 18.6 Å². The second kappa shape index (κ2) is 10.5. The number of hydrogen-bond donors (Lipinski definition) is 2. The fraction of sp³-hybridized carbons (Fsp3) is 0.632. The summed E-state index contributed by atoms with van der Waals surface area (Å²) in [6.07, 6.45) is 2.20. The van der Waals surface area contributed by atoms with E-state index in [1.54, 1.807) is 11.4 Å². The van der Waals surface area contributed by atoms with Gasteiger partial charge in [0, 0.05) is 26.2 Å². The van der Waals surface area contributed by atoms with Crippen molar-refractivity contribution < 1.29 is 13.2 Å². The van der Waals surface area contributed by atoms with E-state index in [9.17, 15) is 8.42 Å². The van der Waals surface area contributed by atoms with Crippen LogP contribution in [0.4, 0.5) is 0 Å². The molecule has 0 amide bonds. The van der Waals surface area contributed by atoms with Crippen molar-refractivity contribution in [2.24, 2.45) is 4.99 Å². The topological polar surface area (TPSA) is 83.0 Å². The smallest absolute Gasteiger partial charge is 0.214 e. The van der Waals surface area contributed by atoms with Gasteiger partial charge in [0.25, 0.3) is 0 Å². The van der Waals surface area contributed by atoms with E-state index in [1.165, 1.54) is 0 Å². The van der Waals surface area contributed by atoms with Gasteiger partial charge in [-0.1, -0.05) is 25.1 Å². The largest absolute Gasteiger partial charge is 0.489 e. The van der Waals surface area contributed by atoms with Crippen molar-refractivity contribution in [3.8, 4) is 5.75 Å². The number of nitrogens with one attached hydrogen (secondary N) is 2. The van der Waals surface area contributed by atoms with E-state index in [2.05, 4.69) is 15.6 Å². The number of hydrogen-bond acceptors (Lipinski definition) is 4. The van der Waals surface area contributed by atoms with Gasteiger partial charge < -0.3 is 15.4 Å². The van der Waals surface area contributed by atoms with Crippen LogP contribution in [0.25, 0.3) is 0 Å². The average molecular weight is 397 g/mol. The Morgan fingerprint density at radius 1 is 1.30 bits per heavy atom. The summed E-state index contributed by atoms with van der Waals surface area (Å²) in [5, 5.41) is 6.67. The van der Waals surface area contributed by atoms with Crippen LogP contribution in [0.1, 0.15) is 33.1 Å². The lowest BCUT2D eigenvalue weighted by molar-refractivity contribution is 0.223. The summed E-state index contributed by atoms with van der Waals surface area (Å²) in [7, 11) is -1.36. The van der Waals surface area contributed by atoms with E-state index in [1.807, 2.05) is 44.2 Å². The lowest BCUT2D eigenvalue weighted by Crippen LogP contribution is -2.51. The second-order valence-corrected chi connectivity index (χ2v) is 8.92. The highest BCUT2D eigenvalue weighted by atomic mass is 32.2. The number of guanidine groups is 1. The minimum atomic E-state index is -3.10. The first-order valence-corrected chi connectivity index (χ1v) is 11.2. The van der Waals surface area contributed by atoms with Gasteiger partial charge in [0.2, 0.25) is 10.0 Å². The molecule has 7 nitrogen and oxygen atoms in total. The van der Waals surface area contributed by atoms with E-state index < -0.39 is 10.0 Å². The third-order valence-corrected chi connectivity index (χ3v) is 6.59. The maximum atomic E-state index is 12.2. The predicted octanol–water partition coefficient (Wildman–Crippen LogP) is 1.82. The first-order chi connectivity index (χ1) is 12.9. The molecular weight excluding hydrogens is 364 g/mol. The molecule has 0 spiro atoms. The van der Waals surface area contributed by atoms with Crippen LogP contribution in [0.5, 0.6) is 5.75 Å². The number of ether oxygens (including phenoxy) is 1. The highest BCUT2D eigenvalue weighted by Crippen LogP contribution is 2.15. The molecule has 152 valence electrons. The summed E-state index contributed by atoms with van der Waals surface area (Å²) in [4.78, 5) is 4.27. The van der Waals surface area contributed by atoms with Crippen LogP contribution < -0.4 is 15.4 Å². The van der Waals surface area contributed by atoms with Gasteiger partial charge in [0.15, 0.2) is 5.96 Å². The summed E-state index contributed by atoms with van der Waals surface area (Å²) in [6, 6.07) is 9.94. The van der Waals surface area contributed by atoms with E-state index >= 15 is 0 Å². The van der Waals surface area contributed by atoms with Crippen LogP contribution in [-0.4, -0.2) is 63.3 Å². The standard InChI is InChI=1S/C19H32N4O3S/c1-4-14-27(24,25)23-12-10-17(11-13-23)22-19(20-3)21-15-16(2)26-18-8-6-5-7-9-18/h5-9,16-17H,4,10-15H2,1-3H3,(H2,20,21,22). The van der Waals surface area contributed by atoms with Crippen molar-refractivity contribution in [1.82, 2.24) is 14.9 Å². The summed E-state index contributed by atoms with van der Waals surface area (Å²) < 4.78 is 31.8. The number of rotatable bonds is 8. The number of nitrogens with zero attached hydrogens (tertiary/aromatic N) is 2. The van der Waals surface area contributed by atoms with Crippen LogP contribution in [0.15, 0.2) is 35.3 Å². The molecule has 1 fully saturated rings. The summed E-state index contributed by atoms with van der Waals surface area (Å²) in [5.74, 6) is 1.79. The van der Waals surface area contributed by atoms with Gasteiger partial charge in [-0.3, -0.25) is 4.99 Å². The van der Waals surface area contributed by atoms with Crippen molar-refractivity contribution in [3.63, 3.8) is 0 Å². The Balaban J connectivity index is 1.74. The number of piperidine rings is 1. The molecule has 2 N–H and O–H groups in total. The molecule has 1 saturated heterocycles. The van der Waals surface area contributed by atoms with Crippen LogP contribution in [0.3, 0.4) is 0 Å². The minimum absolute atomic E-state index is 0.00742. The highest BCUT2D eigenvalue weighted by Gasteiger charge is 2.27. The molecule has 1 aliphatic heterocycles. The molecule has 1 atom stereocenters. The average Bonchev–Trinajstić information content (AvgIpc) is 2.66. The number of benzene rings is 1. The molecule has 1 unspecified atom stereocenters. The Bertz CT molecular complexity index is 686. The van der Waals surface area contributed by atoms with Crippen molar-refractivity contribution in [3.05, 3.63) is 30.3 Å². The molecule has 1 heterocycles. The number of sulfonamides is 1. The predicted molar refractivity (Wildman–Crippen MR) is 110 cm³/mol. The molecule has 1 aliphatic rings. The summed E-state index contributed by atoms with van der Waals surface area (Å²) >= 11 is 0. The van der Waals surface area contributed by atoms with Crippen LogP contribution in [-0.2, 0) is 10.0 Å². The van der Waals surface area contributed by atoms with Crippen LogP contribution in [0.2, 0.25) is 0 Å². The third kappa shape index (κ3) is 7.03. The van der Waals surface area contributed by atoms with Crippen molar-refractivity contribution in [1.29, 1.82) is 0 Å². The van der Waals surface area contributed by atoms with Gasteiger partial charge in [-0.2, -0.15) is 0 Å². The van der Waals surface area contributed by atoms with E-state index in [-0.39, 0.29) is 17.9 Å². The molecule has 8 heteroatoms. The Kier molecular flexibility index (Phi) is 8.37. The zero-order chi connectivity index (χ0) is 19.7. The second-order valence-electron chi connectivity index (χ2n) is 6.83. The maximum absolute atomic E-state index is 12.2.